The molecule has 1 saturated heterocycles. The number of carbonyl (C=O) groups excluding carboxylic acids is 1. The third-order valence-electron chi connectivity index (χ3n) is 4.00. The number of nitrogens with zero attached hydrogens (tertiary/aromatic N) is 1. The van der Waals surface area contributed by atoms with E-state index in [4.69, 9.17) is 10.5 Å². The zero-order chi connectivity index (χ0) is 16.7. The van der Waals surface area contributed by atoms with E-state index in [-0.39, 0.29) is 23.8 Å². The Morgan fingerprint density at radius 2 is 2.04 bits per heavy atom. The number of rotatable bonds is 8. The summed E-state index contributed by atoms with van der Waals surface area (Å²) < 4.78 is 5.54. The van der Waals surface area contributed by atoms with Crippen LogP contribution < -0.4 is 11.1 Å². The molecular weight excluding hydrogens is 298 g/mol. The van der Waals surface area contributed by atoms with Gasteiger partial charge in [-0.15, -0.1) is 0 Å². The van der Waals surface area contributed by atoms with Crippen LogP contribution in [-0.4, -0.2) is 36.1 Å². The Kier molecular flexibility index (Phi) is 6.49. The van der Waals surface area contributed by atoms with Gasteiger partial charge in [0.05, 0.1) is 11.0 Å². The molecule has 126 valence electrons. The average molecular weight is 321 g/mol. The Morgan fingerprint density at radius 1 is 1.30 bits per heavy atom. The molecule has 2 atom stereocenters. The molecule has 0 saturated carbocycles. The molecule has 0 spiro atoms. The monoisotopic (exact) mass is 321 g/mol. The summed E-state index contributed by atoms with van der Waals surface area (Å²) in [6, 6.07) is 6.58. The minimum Gasteiger partial charge on any atom is -0.364 e. The van der Waals surface area contributed by atoms with E-state index in [1.54, 1.807) is 12.1 Å². The van der Waals surface area contributed by atoms with Crippen molar-refractivity contribution >= 4 is 11.6 Å². The molecular formula is C16H23N3O4. The molecule has 1 fully saturated rings. The number of nitrogens with two attached hydrogens (primary N) is 1. The maximum atomic E-state index is 11.9. The summed E-state index contributed by atoms with van der Waals surface area (Å²) in [7, 11) is 0. The highest BCUT2D eigenvalue weighted by Crippen LogP contribution is 2.18. The van der Waals surface area contributed by atoms with Crippen molar-refractivity contribution in [3.8, 4) is 0 Å². The second-order valence-electron chi connectivity index (χ2n) is 5.73. The Bertz CT molecular complexity index is 533. The maximum Gasteiger partial charge on any atom is 0.269 e. The smallest absolute Gasteiger partial charge is 0.269 e. The number of carbonyl (C=O) groups is 1. The minimum atomic E-state index is -0.403. The fourth-order valence-electron chi connectivity index (χ4n) is 2.64. The first-order chi connectivity index (χ1) is 11.1. The molecule has 0 radical (unpaired) electrons. The number of hydrogen-bond donors (Lipinski definition) is 2. The SMILES string of the molecule is NC[C@H]1CC[C@@H](C(=O)NCCCCc2ccc([N+](=O)[O-])cc2)O1. The van der Waals surface area contributed by atoms with Crippen LogP contribution in [0.15, 0.2) is 24.3 Å². The lowest BCUT2D eigenvalue weighted by molar-refractivity contribution is -0.384. The van der Waals surface area contributed by atoms with E-state index >= 15 is 0 Å². The maximum absolute atomic E-state index is 11.9. The van der Waals surface area contributed by atoms with E-state index in [1.165, 1.54) is 12.1 Å². The Labute approximate surface area is 135 Å². The molecule has 1 aromatic carbocycles. The zero-order valence-corrected chi connectivity index (χ0v) is 13.1. The summed E-state index contributed by atoms with van der Waals surface area (Å²) in [6.45, 7) is 1.07. The zero-order valence-electron chi connectivity index (χ0n) is 13.1. The minimum absolute atomic E-state index is 0.00730. The molecule has 1 amide bonds. The standard InChI is InChI=1S/C16H23N3O4/c17-11-14-8-9-15(23-14)16(20)18-10-2-1-3-12-4-6-13(7-5-12)19(21)22/h4-7,14-15H,1-3,8-11,17H2,(H,18,20)/t14-,15+/m1/s1. The number of amides is 1. The van der Waals surface area contributed by atoms with Gasteiger partial charge in [-0.2, -0.15) is 0 Å². The lowest BCUT2D eigenvalue weighted by Gasteiger charge is -2.12. The van der Waals surface area contributed by atoms with Gasteiger partial charge in [-0.25, -0.2) is 0 Å². The van der Waals surface area contributed by atoms with Crippen LogP contribution >= 0.6 is 0 Å². The second kappa shape index (κ2) is 8.59. The van der Waals surface area contributed by atoms with Gasteiger partial charge in [-0.1, -0.05) is 12.1 Å². The Hall–Kier alpha value is -1.99. The molecule has 1 aliphatic rings. The Morgan fingerprint density at radius 3 is 2.65 bits per heavy atom. The molecule has 23 heavy (non-hydrogen) atoms. The van der Waals surface area contributed by atoms with E-state index in [0.717, 1.165) is 37.7 Å². The van der Waals surface area contributed by atoms with Crippen LogP contribution in [-0.2, 0) is 16.0 Å². The molecule has 7 nitrogen and oxygen atoms in total. The van der Waals surface area contributed by atoms with Gasteiger partial charge in [-0.3, -0.25) is 14.9 Å². The summed E-state index contributed by atoms with van der Waals surface area (Å²) in [5.41, 5.74) is 6.69. The number of hydrogen-bond acceptors (Lipinski definition) is 5. The summed E-state index contributed by atoms with van der Waals surface area (Å²) in [5.74, 6) is -0.0590. The molecule has 0 unspecified atom stereocenters. The van der Waals surface area contributed by atoms with Crippen LogP contribution in [0.5, 0.6) is 0 Å². The highest BCUT2D eigenvalue weighted by molar-refractivity contribution is 5.80. The first kappa shape index (κ1) is 17.4. The van der Waals surface area contributed by atoms with Crippen LogP contribution in [0.3, 0.4) is 0 Å². The number of nitro benzene ring substituents is 1. The van der Waals surface area contributed by atoms with Gasteiger partial charge in [0, 0.05) is 25.2 Å². The molecule has 3 N–H and O–H groups in total. The van der Waals surface area contributed by atoms with Crippen molar-refractivity contribution in [2.75, 3.05) is 13.1 Å². The predicted molar refractivity (Wildman–Crippen MR) is 86.0 cm³/mol. The lowest BCUT2D eigenvalue weighted by Crippen LogP contribution is -2.36. The van der Waals surface area contributed by atoms with Crippen molar-refractivity contribution in [3.05, 3.63) is 39.9 Å². The van der Waals surface area contributed by atoms with Crippen molar-refractivity contribution in [1.29, 1.82) is 0 Å². The van der Waals surface area contributed by atoms with Crippen molar-refractivity contribution in [3.63, 3.8) is 0 Å². The largest absolute Gasteiger partial charge is 0.364 e. The molecule has 0 bridgehead atoms. The van der Waals surface area contributed by atoms with Gasteiger partial charge in [0.1, 0.15) is 6.10 Å². The van der Waals surface area contributed by atoms with Gasteiger partial charge >= 0.3 is 0 Å². The van der Waals surface area contributed by atoms with Crippen molar-refractivity contribution < 1.29 is 14.5 Å². The number of nitrogens with one attached hydrogen (secondary N) is 1. The second-order valence-corrected chi connectivity index (χ2v) is 5.73. The number of unbranched alkanes of at least 4 members (excludes halogenated alkanes) is 1. The van der Waals surface area contributed by atoms with Crippen LogP contribution in [0, 0.1) is 10.1 Å². The van der Waals surface area contributed by atoms with E-state index in [1.807, 2.05) is 0 Å². The lowest BCUT2D eigenvalue weighted by atomic mass is 10.1. The summed E-state index contributed by atoms with van der Waals surface area (Å²) in [6.07, 6.45) is 3.82. The quantitative estimate of drug-likeness (QED) is 0.429. The molecule has 0 aliphatic carbocycles. The van der Waals surface area contributed by atoms with Crippen LogP contribution in [0.4, 0.5) is 5.69 Å². The van der Waals surface area contributed by atoms with Crippen LogP contribution in [0.1, 0.15) is 31.2 Å². The molecule has 1 aromatic rings. The number of aryl methyl sites for hydroxylation is 1. The van der Waals surface area contributed by atoms with Crippen molar-refractivity contribution in [2.24, 2.45) is 5.73 Å². The van der Waals surface area contributed by atoms with E-state index in [9.17, 15) is 14.9 Å². The van der Waals surface area contributed by atoms with E-state index in [2.05, 4.69) is 5.32 Å². The van der Waals surface area contributed by atoms with E-state index in [0.29, 0.717) is 13.1 Å². The Balaban J connectivity index is 1.60. The van der Waals surface area contributed by atoms with Gasteiger partial charge in [0.2, 0.25) is 5.91 Å². The predicted octanol–water partition coefficient (Wildman–Crippen LogP) is 1.54. The van der Waals surface area contributed by atoms with Crippen LogP contribution in [0.2, 0.25) is 0 Å². The van der Waals surface area contributed by atoms with E-state index < -0.39 is 4.92 Å². The highest BCUT2D eigenvalue weighted by Gasteiger charge is 2.29. The van der Waals surface area contributed by atoms with Crippen molar-refractivity contribution in [2.45, 2.75) is 44.3 Å². The number of nitro groups is 1. The van der Waals surface area contributed by atoms with Gasteiger partial charge in [0.15, 0.2) is 0 Å². The number of non-ortho nitro benzene ring substituents is 1. The van der Waals surface area contributed by atoms with Gasteiger partial charge in [-0.05, 0) is 37.7 Å². The van der Waals surface area contributed by atoms with Crippen molar-refractivity contribution in [1.82, 2.24) is 5.32 Å². The molecule has 1 aliphatic heterocycles. The average Bonchev–Trinajstić information content (AvgIpc) is 3.04. The fourth-order valence-corrected chi connectivity index (χ4v) is 2.64. The number of ether oxygens (including phenoxy) is 1. The normalized spacial score (nSPS) is 20.4. The molecule has 1 heterocycles. The third kappa shape index (κ3) is 5.30. The topological polar surface area (TPSA) is 107 Å². The fraction of sp³-hybridized carbons (Fsp3) is 0.562. The first-order valence-corrected chi connectivity index (χ1v) is 7.96. The molecule has 7 heteroatoms. The van der Waals surface area contributed by atoms with Gasteiger partial charge < -0.3 is 15.8 Å². The molecule has 0 aromatic heterocycles. The van der Waals surface area contributed by atoms with Crippen LogP contribution in [0.25, 0.3) is 0 Å². The summed E-state index contributed by atoms with van der Waals surface area (Å²) >= 11 is 0. The first-order valence-electron chi connectivity index (χ1n) is 7.96. The summed E-state index contributed by atoms with van der Waals surface area (Å²) in [5, 5.41) is 13.5. The molecule has 2 rings (SSSR count). The summed E-state index contributed by atoms with van der Waals surface area (Å²) in [4.78, 5) is 22.1. The highest BCUT2D eigenvalue weighted by atomic mass is 16.6. The number of benzene rings is 1. The van der Waals surface area contributed by atoms with Gasteiger partial charge in [0.25, 0.3) is 5.69 Å². The third-order valence-corrected chi connectivity index (χ3v) is 4.00.